The molecule has 0 aliphatic carbocycles. The molecule has 13 heteroatoms. The van der Waals surface area contributed by atoms with Gasteiger partial charge in [0, 0.05) is 11.3 Å². The van der Waals surface area contributed by atoms with Crippen LogP contribution in [0, 0.1) is 5.82 Å². The van der Waals surface area contributed by atoms with E-state index in [1.54, 1.807) is 48.5 Å². The Balaban J connectivity index is 1.40. The molecule has 0 bridgehead atoms. The number of hydrogen-bond donors (Lipinski definition) is 1. The number of benzene rings is 3. The van der Waals surface area contributed by atoms with E-state index in [2.05, 4.69) is 17.1 Å². The number of thioether (sulfide) groups is 1. The van der Waals surface area contributed by atoms with Crippen molar-refractivity contribution >= 4 is 45.7 Å². The third kappa shape index (κ3) is 6.38. The van der Waals surface area contributed by atoms with Crippen molar-refractivity contribution in [1.82, 2.24) is 10.2 Å². The number of unbranched alkanes of at least 4 members (excludes halogenated alkanes) is 1. The number of hydrogen-bond acceptors (Lipinski definition) is 11. The fraction of sp³-hybridized carbons (Fsp3) is 0.273. The van der Waals surface area contributed by atoms with Gasteiger partial charge in [-0.05, 0) is 60.0 Å². The Labute approximate surface area is 272 Å². The lowest BCUT2D eigenvalue weighted by molar-refractivity contribution is -0.132. The first kappa shape index (κ1) is 31.4. The number of fused-ring (bicyclic) bond motifs is 1. The Hall–Kier alpha value is -4.62. The Morgan fingerprint density at radius 1 is 1.04 bits per heavy atom. The highest BCUT2D eigenvalue weighted by atomic mass is 32.2. The zero-order valence-electron chi connectivity index (χ0n) is 25.0. The van der Waals surface area contributed by atoms with Gasteiger partial charge in [-0.1, -0.05) is 54.6 Å². The Morgan fingerprint density at radius 2 is 1.83 bits per heavy atom. The molecule has 10 nitrogen and oxygen atoms in total. The number of halogens is 1. The third-order valence-corrected chi connectivity index (χ3v) is 9.52. The van der Waals surface area contributed by atoms with E-state index in [0.717, 1.165) is 29.7 Å². The van der Waals surface area contributed by atoms with Crippen LogP contribution < -0.4 is 23.8 Å². The van der Waals surface area contributed by atoms with Crippen LogP contribution in [0.3, 0.4) is 0 Å². The maximum absolute atomic E-state index is 13.7. The van der Waals surface area contributed by atoms with Crippen molar-refractivity contribution in [3.63, 3.8) is 0 Å². The minimum absolute atomic E-state index is 0.126. The first-order valence-corrected chi connectivity index (χ1v) is 16.4. The molecule has 1 N–H and O–H groups in total. The SMILES string of the molecule is CCCCOc1ccc(C2/C(=C(\O)c3ccc4c(c3)OCCO4)C(=O)C(=O)N2c2nnc(SCc3ccc(F)cc3)s2)cc1OC. The number of rotatable bonds is 11. The number of aliphatic hydroxyl groups excluding tert-OH is 1. The Kier molecular flexibility index (Phi) is 9.41. The van der Waals surface area contributed by atoms with E-state index < -0.39 is 17.7 Å². The van der Waals surface area contributed by atoms with Gasteiger partial charge in [-0.15, -0.1) is 10.2 Å². The lowest BCUT2D eigenvalue weighted by atomic mass is 9.95. The number of carbonyl (C=O) groups excluding carboxylic acids is 2. The maximum atomic E-state index is 13.7. The number of amides is 1. The molecule has 46 heavy (non-hydrogen) atoms. The first-order valence-electron chi connectivity index (χ1n) is 14.6. The summed E-state index contributed by atoms with van der Waals surface area (Å²) >= 11 is 2.50. The average molecular weight is 664 g/mol. The molecule has 0 spiro atoms. The molecule has 3 heterocycles. The van der Waals surface area contributed by atoms with Crippen LogP contribution in [0.5, 0.6) is 23.0 Å². The standard InChI is InChI=1S/C33H30FN3O7S2/c1-3-4-13-42-23-11-7-20(16-25(23)41-2)28-27(29(38)21-8-12-24-26(17-21)44-15-14-43-24)30(39)31(40)37(28)32-35-36-33(46-32)45-18-19-5-9-22(34)10-6-19/h5-12,16-17,28,38H,3-4,13-15,18H2,1-2H3/b29-27+. The number of ketones is 1. The maximum Gasteiger partial charge on any atom is 0.301 e. The summed E-state index contributed by atoms with van der Waals surface area (Å²) in [5, 5.41) is 20.3. The van der Waals surface area contributed by atoms with Gasteiger partial charge in [0.25, 0.3) is 5.78 Å². The highest BCUT2D eigenvalue weighted by Gasteiger charge is 2.48. The largest absolute Gasteiger partial charge is 0.507 e. The van der Waals surface area contributed by atoms with Crippen LogP contribution in [0.25, 0.3) is 5.76 Å². The lowest BCUT2D eigenvalue weighted by Crippen LogP contribution is -2.29. The Bertz CT molecular complexity index is 1790. The van der Waals surface area contributed by atoms with Gasteiger partial charge in [0.15, 0.2) is 27.3 Å². The fourth-order valence-electron chi connectivity index (χ4n) is 5.08. The summed E-state index contributed by atoms with van der Waals surface area (Å²) in [4.78, 5) is 28.7. The molecule has 3 aromatic carbocycles. The molecule has 1 aromatic heterocycles. The number of carbonyl (C=O) groups is 2. The molecule has 2 aliphatic heterocycles. The number of Topliss-reactive ketones (excluding diaryl/α,β-unsaturated/α-hetero) is 1. The van der Waals surface area contributed by atoms with Gasteiger partial charge in [0.1, 0.15) is 24.8 Å². The molecule has 238 valence electrons. The minimum atomic E-state index is -1.06. The predicted molar refractivity (Wildman–Crippen MR) is 171 cm³/mol. The van der Waals surface area contributed by atoms with Crippen LogP contribution in [0.2, 0.25) is 0 Å². The van der Waals surface area contributed by atoms with Crippen LogP contribution in [0.1, 0.15) is 42.5 Å². The van der Waals surface area contributed by atoms with Crippen LogP contribution in [-0.4, -0.2) is 53.9 Å². The zero-order chi connectivity index (χ0) is 32.2. The third-order valence-electron chi connectivity index (χ3n) is 7.40. The summed E-state index contributed by atoms with van der Waals surface area (Å²) in [6.07, 6.45) is 1.82. The van der Waals surface area contributed by atoms with Crippen molar-refractivity contribution in [2.24, 2.45) is 0 Å². The van der Waals surface area contributed by atoms with Crippen molar-refractivity contribution in [2.75, 3.05) is 31.8 Å². The molecule has 4 aromatic rings. The van der Waals surface area contributed by atoms with Crippen LogP contribution >= 0.6 is 23.1 Å². The number of anilines is 1. The van der Waals surface area contributed by atoms with Crippen molar-refractivity contribution in [3.05, 3.63) is 88.7 Å². The average Bonchev–Trinajstić information content (AvgIpc) is 3.65. The zero-order valence-corrected chi connectivity index (χ0v) is 26.7. The summed E-state index contributed by atoms with van der Waals surface area (Å²) in [5.41, 5.74) is 1.54. The molecule has 0 saturated carbocycles. The summed E-state index contributed by atoms with van der Waals surface area (Å²) in [5.74, 6) is -0.0850. The van der Waals surface area contributed by atoms with Gasteiger partial charge < -0.3 is 24.1 Å². The quantitative estimate of drug-likeness (QED) is 0.0472. The highest BCUT2D eigenvalue weighted by molar-refractivity contribution is 8.00. The molecule has 1 fully saturated rings. The van der Waals surface area contributed by atoms with Crippen molar-refractivity contribution in [2.45, 2.75) is 35.9 Å². The van der Waals surface area contributed by atoms with E-state index in [-0.39, 0.29) is 27.8 Å². The summed E-state index contributed by atoms with van der Waals surface area (Å²) in [6.45, 7) is 3.30. The number of nitrogens with zero attached hydrogens (tertiary/aromatic N) is 3. The van der Waals surface area contributed by atoms with Crippen molar-refractivity contribution in [1.29, 1.82) is 0 Å². The smallest absolute Gasteiger partial charge is 0.301 e. The normalized spacial score (nSPS) is 16.9. The molecule has 2 aliphatic rings. The second kappa shape index (κ2) is 13.8. The molecule has 1 saturated heterocycles. The molecule has 1 unspecified atom stereocenters. The fourth-order valence-corrected chi connectivity index (χ4v) is 6.90. The highest BCUT2D eigenvalue weighted by Crippen LogP contribution is 2.46. The number of methoxy groups -OCH3 is 1. The van der Waals surface area contributed by atoms with E-state index in [0.29, 0.717) is 58.5 Å². The van der Waals surface area contributed by atoms with E-state index in [1.165, 1.54) is 35.9 Å². The topological polar surface area (TPSA) is 120 Å². The molecular formula is C33H30FN3O7S2. The molecular weight excluding hydrogens is 634 g/mol. The van der Waals surface area contributed by atoms with Gasteiger partial charge in [0.05, 0.1) is 25.3 Å². The van der Waals surface area contributed by atoms with E-state index in [1.807, 2.05) is 0 Å². The van der Waals surface area contributed by atoms with Gasteiger partial charge in [0.2, 0.25) is 5.13 Å². The summed E-state index contributed by atoms with van der Waals surface area (Å²) < 4.78 is 36.7. The predicted octanol–water partition coefficient (Wildman–Crippen LogP) is 6.55. The Morgan fingerprint density at radius 3 is 2.59 bits per heavy atom. The van der Waals surface area contributed by atoms with E-state index in [4.69, 9.17) is 18.9 Å². The van der Waals surface area contributed by atoms with Crippen LogP contribution in [0.15, 0.2) is 70.6 Å². The van der Waals surface area contributed by atoms with E-state index in [9.17, 15) is 19.1 Å². The van der Waals surface area contributed by atoms with Crippen molar-refractivity contribution < 1.29 is 38.0 Å². The van der Waals surface area contributed by atoms with Gasteiger partial charge in [-0.25, -0.2) is 4.39 Å². The number of aromatic nitrogens is 2. The van der Waals surface area contributed by atoms with Crippen LogP contribution in [0.4, 0.5) is 9.52 Å². The second-order valence-corrected chi connectivity index (χ2v) is 12.6. The molecule has 1 atom stereocenters. The number of ether oxygens (including phenoxy) is 4. The lowest BCUT2D eigenvalue weighted by Gasteiger charge is -2.24. The molecule has 0 radical (unpaired) electrons. The van der Waals surface area contributed by atoms with Gasteiger partial charge in [-0.3, -0.25) is 14.5 Å². The minimum Gasteiger partial charge on any atom is -0.507 e. The second-order valence-electron chi connectivity index (χ2n) is 10.4. The van der Waals surface area contributed by atoms with Crippen molar-refractivity contribution in [3.8, 4) is 23.0 Å². The molecule has 6 rings (SSSR count). The molecule has 1 amide bonds. The van der Waals surface area contributed by atoms with Crippen LogP contribution in [-0.2, 0) is 15.3 Å². The first-order chi connectivity index (χ1) is 22.4. The van der Waals surface area contributed by atoms with E-state index >= 15 is 0 Å². The monoisotopic (exact) mass is 663 g/mol. The summed E-state index contributed by atoms with van der Waals surface area (Å²) in [7, 11) is 1.51. The number of aliphatic hydroxyl groups is 1. The summed E-state index contributed by atoms with van der Waals surface area (Å²) in [6, 6.07) is 15.1. The van der Waals surface area contributed by atoms with Gasteiger partial charge in [-0.2, -0.15) is 0 Å². The van der Waals surface area contributed by atoms with Gasteiger partial charge >= 0.3 is 5.91 Å².